The number of esters is 1. The van der Waals surface area contributed by atoms with E-state index in [1.165, 1.54) is 35.6 Å². The molecule has 0 aliphatic heterocycles. The zero-order valence-corrected chi connectivity index (χ0v) is 17.8. The lowest BCUT2D eigenvalue weighted by molar-refractivity contribution is 0.0450. The molecule has 0 aliphatic rings. The van der Waals surface area contributed by atoms with Gasteiger partial charge < -0.3 is 9.47 Å². The Morgan fingerprint density at radius 2 is 1.63 bits per heavy atom. The van der Waals surface area contributed by atoms with Crippen molar-refractivity contribution in [3.63, 3.8) is 0 Å². The summed E-state index contributed by atoms with van der Waals surface area (Å²) in [4.78, 5) is 12.2. The first kappa shape index (κ1) is 21.7. The Morgan fingerprint density at radius 1 is 0.933 bits per heavy atom. The molecule has 0 atom stereocenters. The van der Waals surface area contributed by atoms with E-state index < -0.39 is 16.0 Å². The molecule has 0 radical (unpaired) electrons. The zero-order valence-electron chi connectivity index (χ0n) is 16.2. The summed E-state index contributed by atoms with van der Waals surface area (Å²) in [6.07, 6.45) is 0. The number of halogens is 1. The standard InChI is InChI=1S/C22H20ClNO5S/c1-24(19-7-3-2-4-8-19)30(26,27)21-12-10-17(11-13-21)22(25)29-15-14-28-20-9-5-6-18(23)16-20/h2-13,16H,14-15H2,1H3. The number of para-hydroxylation sites is 1. The molecule has 0 unspecified atom stereocenters. The predicted molar refractivity (Wildman–Crippen MR) is 116 cm³/mol. The van der Waals surface area contributed by atoms with Gasteiger partial charge in [-0.25, -0.2) is 13.2 Å². The molecule has 30 heavy (non-hydrogen) atoms. The molecule has 6 nitrogen and oxygen atoms in total. The Bertz CT molecular complexity index is 1100. The summed E-state index contributed by atoms with van der Waals surface area (Å²) in [7, 11) is -2.26. The molecule has 3 aromatic carbocycles. The summed E-state index contributed by atoms with van der Waals surface area (Å²) in [6.45, 7) is 0.211. The van der Waals surface area contributed by atoms with Crippen molar-refractivity contribution in [3.05, 3.63) is 89.4 Å². The summed E-state index contributed by atoms with van der Waals surface area (Å²) < 4.78 is 37.3. The number of sulfonamides is 1. The topological polar surface area (TPSA) is 72.9 Å². The highest BCUT2D eigenvalue weighted by Gasteiger charge is 2.21. The van der Waals surface area contributed by atoms with Gasteiger partial charge in [-0.15, -0.1) is 0 Å². The molecule has 0 saturated heterocycles. The molecule has 3 rings (SSSR count). The van der Waals surface area contributed by atoms with Gasteiger partial charge in [-0.3, -0.25) is 4.31 Å². The maximum absolute atomic E-state index is 12.8. The second kappa shape index (κ2) is 9.65. The second-order valence-corrected chi connectivity index (χ2v) is 8.68. The first-order chi connectivity index (χ1) is 14.4. The van der Waals surface area contributed by atoms with Crippen molar-refractivity contribution < 1.29 is 22.7 Å². The summed E-state index contributed by atoms with van der Waals surface area (Å²) in [6, 6.07) is 21.2. The van der Waals surface area contributed by atoms with Crippen LogP contribution in [0.25, 0.3) is 0 Å². The summed E-state index contributed by atoms with van der Waals surface area (Å²) in [5.41, 5.74) is 0.791. The second-order valence-electron chi connectivity index (χ2n) is 6.27. The van der Waals surface area contributed by atoms with E-state index >= 15 is 0 Å². The van der Waals surface area contributed by atoms with Crippen LogP contribution in [0.4, 0.5) is 5.69 Å². The van der Waals surface area contributed by atoms with Gasteiger partial charge in [-0.2, -0.15) is 0 Å². The van der Waals surface area contributed by atoms with Crippen molar-refractivity contribution in [1.82, 2.24) is 0 Å². The van der Waals surface area contributed by atoms with Gasteiger partial charge in [0.05, 0.1) is 16.1 Å². The van der Waals surface area contributed by atoms with Crippen molar-refractivity contribution in [2.24, 2.45) is 0 Å². The quantitative estimate of drug-likeness (QED) is 0.379. The van der Waals surface area contributed by atoms with Crippen LogP contribution in [0.15, 0.2) is 83.8 Å². The van der Waals surface area contributed by atoms with E-state index in [0.717, 1.165) is 0 Å². The molecule has 3 aromatic rings. The Labute approximate surface area is 180 Å². The van der Waals surface area contributed by atoms with Crippen molar-refractivity contribution in [3.8, 4) is 5.75 Å². The van der Waals surface area contributed by atoms with Crippen molar-refractivity contribution in [2.45, 2.75) is 4.90 Å². The fourth-order valence-corrected chi connectivity index (χ4v) is 4.01. The third-order valence-electron chi connectivity index (χ3n) is 4.25. The summed E-state index contributed by atoms with van der Waals surface area (Å²) in [5, 5.41) is 0.553. The van der Waals surface area contributed by atoms with Crippen molar-refractivity contribution in [2.75, 3.05) is 24.6 Å². The fraction of sp³-hybridized carbons (Fsp3) is 0.136. The number of rotatable bonds is 8. The van der Waals surface area contributed by atoms with E-state index in [2.05, 4.69) is 0 Å². The number of hydrogen-bond acceptors (Lipinski definition) is 5. The molecule has 0 bridgehead atoms. The minimum absolute atomic E-state index is 0.0438. The maximum Gasteiger partial charge on any atom is 0.338 e. The molecule has 8 heteroatoms. The maximum atomic E-state index is 12.8. The van der Waals surface area contributed by atoms with Crippen LogP contribution in [0.2, 0.25) is 5.02 Å². The Morgan fingerprint density at radius 3 is 2.30 bits per heavy atom. The van der Waals surface area contributed by atoms with Gasteiger partial charge >= 0.3 is 5.97 Å². The Kier molecular flexibility index (Phi) is 6.97. The monoisotopic (exact) mass is 445 g/mol. The highest BCUT2D eigenvalue weighted by atomic mass is 35.5. The fourth-order valence-electron chi connectivity index (χ4n) is 2.63. The first-order valence-electron chi connectivity index (χ1n) is 9.07. The van der Waals surface area contributed by atoms with Crippen LogP contribution in [0, 0.1) is 0 Å². The van der Waals surface area contributed by atoms with Gasteiger partial charge in [-0.1, -0.05) is 35.9 Å². The van der Waals surface area contributed by atoms with Crippen LogP contribution in [0.3, 0.4) is 0 Å². The Hall–Kier alpha value is -3.03. The number of carbonyl (C=O) groups is 1. The van der Waals surface area contributed by atoms with E-state index in [9.17, 15) is 13.2 Å². The van der Waals surface area contributed by atoms with Gasteiger partial charge in [0, 0.05) is 12.1 Å². The van der Waals surface area contributed by atoms with Crippen LogP contribution in [0.5, 0.6) is 5.75 Å². The number of anilines is 1. The summed E-state index contributed by atoms with van der Waals surface area (Å²) in [5.74, 6) is 0.0145. The van der Waals surface area contributed by atoms with E-state index in [0.29, 0.717) is 16.5 Å². The molecular formula is C22H20ClNO5S. The van der Waals surface area contributed by atoms with Crippen LogP contribution in [-0.2, 0) is 14.8 Å². The highest BCUT2D eigenvalue weighted by Crippen LogP contribution is 2.22. The average molecular weight is 446 g/mol. The third kappa shape index (κ3) is 5.31. The van der Waals surface area contributed by atoms with Crippen molar-refractivity contribution >= 4 is 33.3 Å². The van der Waals surface area contributed by atoms with Crippen molar-refractivity contribution in [1.29, 1.82) is 0 Å². The van der Waals surface area contributed by atoms with Crippen LogP contribution < -0.4 is 9.04 Å². The Balaban J connectivity index is 1.57. The normalized spacial score (nSPS) is 11.0. The number of hydrogen-bond donors (Lipinski definition) is 0. The highest BCUT2D eigenvalue weighted by molar-refractivity contribution is 7.92. The van der Waals surface area contributed by atoms with Crippen LogP contribution in [0.1, 0.15) is 10.4 Å². The predicted octanol–water partition coefficient (Wildman–Crippen LogP) is 4.40. The SMILES string of the molecule is CN(c1ccccc1)S(=O)(=O)c1ccc(C(=O)OCCOc2cccc(Cl)c2)cc1. The van der Waals surface area contributed by atoms with E-state index in [4.69, 9.17) is 21.1 Å². The number of nitrogens with zero attached hydrogens (tertiary/aromatic N) is 1. The van der Waals surface area contributed by atoms with Gasteiger partial charge in [0.2, 0.25) is 0 Å². The van der Waals surface area contributed by atoms with E-state index in [-0.39, 0.29) is 23.7 Å². The smallest absolute Gasteiger partial charge is 0.338 e. The average Bonchev–Trinajstić information content (AvgIpc) is 2.77. The molecule has 0 saturated carbocycles. The molecule has 0 aliphatic carbocycles. The lowest BCUT2D eigenvalue weighted by Crippen LogP contribution is -2.26. The zero-order chi connectivity index (χ0) is 21.6. The third-order valence-corrected chi connectivity index (χ3v) is 6.28. The molecule has 0 fully saturated rings. The molecule has 0 aromatic heterocycles. The molecule has 0 heterocycles. The van der Waals surface area contributed by atoms with E-state index in [1.54, 1.807) is 48.5 Å². The van der Waals surface area contributed by atoms with Gasteiger partial charge in [-0.05, 0) is 54.6 Å². The first-order valence-corrected chi connectivity index (χ1v) is 10.9. The van der Waals surface area contributed by atoms with Crippen LogP contribution >= 0.6 is 11.6 Å². The van der Waals surface area contributed by atoms with Crippen LogP contribution in [-0.4, -0.2) is 34.6 Å². The molecule has 0 amide bonds. The van der Waals surface area contributed by atoms with Gasteiger partial charge in [0.1, 0.15) is 19.0 Å². The van der Waals surface area contributed by atoms with E-state index in [1.807, 2.05) is 6.07 Å². The number of carbonyl (C=O) groups excluding carboxylic acids is 1. The van der Waals surface area contributed by atoms with Gasteiger partial charge in [0.25, 0.3) is 10.0 Å². The molecule has 0 N–H and O–H groups in total. The summed E-state index contributed by atoms with van der Waals surface area (Å²) >= 11 is 5.88. The van der Waals surface area contributed by atoms with Gasteiger partial charge in [0.15, 0.2) is 0 Å². The minimum atomic E-state index is -3.74. The lowest BCUT2D eigenvalue weighted by Gasteiger charge is -2.19. The number of benzene rings is 3. The molecular weight excluding hydrogens is 426 g/mol. The molecule has 156 valence electrons. The number of ether oxygens (including phenoxy) is 2. The molecule has 0 spiro atoms. The lowest BCUT2D eigenvalue weighted by atomic mass is 10.2. The largest absolute Gasteiger partial charge is 0.490 e. The minimum Gasteiger partial charge on any atom is -0.490 e.